The first-order valence-corrected chi connectivity index (χ1v) is 22.1. The summed E-state index contributed by atoms with van der Waals surface area (Å²) >= 11 is 3.54. The molecule has 1 aliphatic heterocycles. The minimum absolute atomic E-state index is 0.0138. The molecule has 0 unspecified atom stereocenters. The highest BCUT2D eigenvalue weighted by Crippen LogP contribution is 2.39. The number of anilines is 3. The summed E-state index contributed by atoms with van der Waals surface area (Å²) in [5.41, 5.74) is -0.491. The van der Waals surface area contributed by atoms with Crippen LogP contribution in [-0.2, 0) is 35.5 Å². The van der Waals surface area contributed by atoms with E-state index in [1.165, 1.54) is 72.7 Å². The molecule has 5 amide bonds. The molecule has 0 radical (unpaired) electrons. The van der Waals surface area contributed by atoms with Gasteiger partial charge in [-0.25, -0.2) is 15.0 Å². The molecule has 4 heterocycles. The SMILES string of the molecule is CCSC(SCC)[C@@H]1CCCN1C(=O)c1cc(OC)c(OCCCC(=O)Nc2cn(C)c(C(=O)Nc3cn(C)c(C(=O)Nc4cn(C)c(C(=O)NCC(=O)OC)n4)n3)n2)cc1[N+](=O)[O-]. The Morgan fingerprint density at radius 2 is 1.38 bits per heavy atom. The number of amides is 5. The first-order chi connectivity index (χ1) is 30.6. The number of methoxy groups -OCH3 is 2. The predicted molar refractivity (Wildman–Crippen MR) is 237 cm³/mol. The fraction of sp³-hybridized carbons (Fsp3) is 0.462. The van der Waals surface area contributed by atoms with E-state index in [0.717, 1.165) is 24.3 Å². The van der Waals surface area contributed by atoms with Gasteiger partial charge in [-0.1, -0.05) is 13.8 Å². The zero-order valence-electron chi connectivity index (χ0n) is 36.3. The molecule has 1 fully saturated rings. The smallest absolute Gasteiger partial charge is 0.325 e. The number of aryl methyl sites for hydroxylation is 3. The van der Waals surface area contributed by atoms with E-state index in [1.807, 2.05) is 0 Å². The standard InChI is InChI=1S/C39H50N12O11S2/c1-8-63-39(64-9-2)23-12-10-14-50(23)38(57)22-16-25(60-6)26(17-24(22)51(58)59)62-15-11-13-30(52)41-27-19-48(4)33(42-27)36(55)46-29-21-49(5)34(44-29)37(56)45-28-20-47(3)32(43-28)35(54)40-18-31(53)61-7/h16-17,19-21,23,39H,8-15,18H2,1-7H3,(H,40,54)(H,41,52)(H,45,56)(H,46,55)/t23-/m0/s1. The number of carbonyl (C=O) groups excluding carboxylic acids is 6. The first kappa shape index (κ1) is 48.4. The predicted octanol–water partition coefficient (Wildman–Crippen LogP) is 3.45. The second kappa shape index (κ2) is 22.1. The topological polar surface area (TPSA) is 278 Å². The molecular weight excluding hydrogens is 877 g/mol. The van der Waals surface area contributed by atoms with Crippen molar-refractivity contribution in [3.05, 3.63) is 63.9 Å². The number of nitro benzene ring substituents is 1. The van der Waals surface area contributed by atoms with Crippen molar-refractivity contribution >= 4 is 82.2 Å². The van der Waals surface area contributed by atoms with Crippen LogP contribution in [0.3, 0.4) is 0 Å². The number of likely N-dealkylation sites (tertiary alicyclic amines) is 1. The minimum atomic E-state index is -0.701. The molecule has 23 nitrogen and oxygen atoms in total. The third kappa shape index (κ3) is 11.9. The molecule has 0 aliphatic carbocycles. The van der Waals surface area contributed by atoms with Crippen molar-refractivity contribution in [1.82, 2.24) is 38.9 Å². The molecule has 0 saturated carbocycles. The van der Waals surface area contributed by atoms with E-state index in [9.17, 15) is 38.9 Å². The molecule has 1 saturated heterocycles. The number of hydrogen-bond acceptors (Lipinski definition) is 16. The van der Waals surface area contributed by atoms with Crippen LogP contribution < -0.4 is 30.7 Å². The van der Waals surface area contributed by atoms with Gasteiger partial charge >= 0.3 is 5.97 Å². The molecule has 1 aliphatic rings. The van der Waals surface area contributed by atoms with Crippen molar-refractivity contribution in [3.8, 4) is 11.5 Å². The van der Waals surface area contributed by atoms with Crippen molar-refractivity contribution in [3.63, 3.8) is 0 Å². The Morgan fingerprint density at radius 1 is 0.828 bits per heavy atom. The fourth-order valence-corrected chi connectivity index (χ4v) is 9.57. The Bertz CT molecular complexity index is 2390. The summed E-state index contributed by atoms with van der Waals surface area (Å²) in [5, 5.41) is 22.3. The molecule has 0 bridgehead atoms. The quantitative estimate of drug-likeness (QED) is 0.0306. The molecule has 344 valence electrons. The number of aromatic nitrogens is 6. The molecule has 0 spiro atoms. The Hall–Kier alpha value is -6.63. The number of hydrogen-bond donors (Lipinski definition) is 4. The van der Waals surface area contributed by atoms with Crippen molar-refractivity contribution in [2.45, 2.75) is 50.2 Å². The number of nitrogens with one attached hydrogen (secondary N) is 4. The summed E-state index contributed by atoms with van der Waals surface area (Å²) in [7, 11) is 7.15. The summed E-state index contributed by atoms with van der Waals surface area (Å²) in [6, 6.07) is 2.46. The fourth-order valence-electron chi connectivity index (χ4n) is 6.71. The largest absolute Gasteiger partial charge is 0.493 e. The molecule has 4 N–H and O–H groups in total. The van der Waals surface area contributed by atoms with Gasteiger partial charge < -0.3 is 54.1 Å². The van der Waals surface area contributed by atoms with Crippen molar-refractivity contribution in [2.24, 2.45) is 21.1 Å². The zero-order chi connectivity index (χ0) is 46.7. The first-order valence-electron chi connectivity index (χ1n) is 20.0. The Labute approximate surface area is 375 Å². The van der Waals surface area contributed by atoms with Gasteiger partial charge in [-0.2, -0.15) is 0 Å². The lowest BCUT2D eigenvalue weighted by Gasteiger charge is -2.31. The van der Waals surface area contributed by atoms with E-state index >= 15 is 0 Å². The number of thioether (sulfide) groups is 2. The van der Waals surface area contributed by atoms with Crippen LogP contribution in [-0.4, -0.2) is 130 Å². The van der Waals surface area contributed by atoms with Crippen LogP contribution in [0.1, 0.15) is 81.7 Å². The van der Waals surface area contributed by atoms with Crippen LogP contribution in [0.15, 0.2) is 30.7 Å². The molecule has 1 aromatic carbocycles. The van der Waals surface area contributed by atoms with Crippen molar-refractivity contribution in [2.75, 3.05) is 61.4 Å². The lowest BCUT2D eigenvalue weighted by molar-refractivity contribution is -0.385. The number of benzene rings is 1. The number of ether oxygens (including phenoxy) is 3. The van der Waals surface area contributed by atoms with Gasteiger partial charge in [-0.3, -0.25) is 38.9 Å². The average Bonchev–Trinajstić information content (AvgIpc) is 4.06. The molecule has 5 rings (SSSR count). The normalized spacial score (nSPS) is 13.4. The highest BCUT2D eigenvalue weighted by Gasteiger charge is 2.38. The second-order valence-electron chi connectivity index (χ2n) is 14.1. The van der Waals surface area contributed by atoms with E-state index in [-0.39, 0.29) is 88.6 Å². The summed E-state index contributed by atoms with van der Waals surface area (Å²) < 4.78 is 20.1. The van der Waals surface area contributed by atoms with Crippen LogP contribution in [0.2, 0.25) is 0 Å². The van der Waals surface area contributed by atoms with Gasteiger partial charge in [0.15, 0.2) is 29.0 Å². The maximum Gasteiger partial charge on any atom is 0.325 e. The van der Waals surface area contributed by atoms with Gasteiger partial charge in [0.2, 0.25) is 23.4 Å². The monoisotopic (exact) mass is 926 g/mol. The van der Waals surface area contributed by atoms with Gasteiger partial charge in [0, 0.05) is 58.8 Å². The third-order valence-electron chi connectivity index (χ3n) is 9.66. The van der Waals surface area contributed by atoms with Gasteiger partial charge in [0.25, 0.3) is 29.3 Å². The summed E-state index contributed by atoms with van der Waals surface area (Å²) in [5.74, 6) is -1.79. The number of esters is 1. The highest BCUT2D eigenvalue weighted by atomic mass is 32.2. The molecule has 64 heavy (non-hydrogen) atoms. The number of nitrogens with zero attached hydrogens (tertiary/aromatic N) is 8. The van der Waals surface area contributed by atoms with Crippen LogP contribution in [0, 0.1) is 10.1 Å². The lowest BCUT2D eigenvalue weighted by atomic mass is 10.1. The zero-order valence-corrected chi connectivity index (χ0v) is 37.9. The number of rotatable bonds is 21. The summed E-state index contributed by atoms with van der Waals surface area (Å²) in [6.45, 7) is 4.24. The Kier molecular flexibility index (Phi) is 16.7. The van der Waals surface area contributed by atoms with Crippen LogP contribution in [0.25, 0.3) is 0 Å². The third-order valence-corrected chi connectivity index (χ3v) is 12.4. The van der Waals surface area contributed by atoms with Gasteiger partial charge in [0.05, 0.1) is 42.4 Å². The Morgan fingerprint density at radius 3 is 1.89 bits per heavy atom. The van der Waals surface area contributed by atoms with Crippen LogP contribution in [0.5, 0.6) is 11.5 Å². The minimum Gasteiger partial charge on any atom is -0.493 e. The van der Waals surface area contributed by atoms with E-state index in [4.69, 9.17) is 9.47 Å². The van der Waals surface area contributed by atoms with Crippen LogP contribution in [0.4, 0.5) is 23.1 Å². The number of imidazole rings is 3. The maximum atomic E-state index is 13.8. The van der Waals surface area contributed by atoms with Crippen LogP contribution >= 0.6 is 23.5 Å². The Balaban J connectivity index is 1.14. The molecule has 4 aromatic rings. The summed E-state index contributed by atoms with van der Waals surface area (Å²) in [4.78, 5) is 103. The van der Waals surface area contributed by atoms with E-state index in [0.29, 0.717) is 6.54 Å². The number of carbonyl (C=O) groups is 6. The molecule has 3 aromatic heterocycles. The summed E-state index contributed by atoms with van der Waals surface area (Å²) in [6.07, 6.45) is 5.98. The van der Waals surface area contributed by atoms with Gasteiger partial charge in [-0.15, -0.1) is 23.5 Å². The van der Waals surface area contributed by atoms with E-state index in [1.54, 1.807) is 35.5 Å². The van der Waals surface area contributed by atoms with Gasteiger partial charge in [0.1, 0.15) is 12.1 Å². The molecular formula is C39H50N12O11S2. The van der Waals surface area contributed by atoms with E-state index in [2.05, 4.69) is 54.8 Å². The molecule has 1 atom stereocenters. The highest BCUT2D eigenvalue weighted by molar-refractivity contribution is 8.17. The maximum absolute atomic E-state index is 13.8. The average molecular weight is 927 g/mol. The van der Waals surface area contributed by atoms with Crippen molar-refractivity contribution < 1.29 is 47.9 Å². The lowest BCUT2D eigenvalue weighted by Crippen LogP contribution is -2.41. The van der Waals surface area contributed by atoms with Crippen molar-refractivity contribution in [1.29, 1.82) is 0 Å². The van der Waals surface area contributed by atoms with E-state index < -0.39 is 46.1 Å². The molecule has 25 heteroatoms. The number of nitro groups is 1. The van der Waals surface area contributed by atoms with Gasteiger partial charge in [-0.05, 0) is 30.8 Å². The second-order valence-corrected chi connectivity index (χ2v) is 17.2.